The van der Waals surface area contributed by atoms with Crippen LogP contribution in [-0.4, -0.2) is 9.55 Å². The molecule has 0 saturated heterocycles. The first-order chi connectivity index (χ1) is 9.84. The van der Waals surface area contributed by atoms with Crippen molar-refractivity contribution < 1.29 is 13.2 Å². The van der Waals surface area contributed by atoms with Crippen LogP contribution in [-0.2, 0) is 12.7 Å². The standard InChI is InChI=1S/C15H16F3N3/c1-9-3-4-11(10(2)7-9)12-5-6-21-8-13(15(16,17)18)20-14(21)19-12/h3-4,7-8,12H,5-6H2,1-2H3,(H,19,20). The van der Waals surface area contributed by atoms with Crippen LogP contribution >= 0.6 is 0 Å². The van der Waals surface area contributed by atoms with Crippen LogP contribution < -0.4 is 5.32 Å². The summed E-state index contributed by atoms with van der Waals surface area (Å²) in [6.45, 7) is 4.57. The number of nitrogens with one attached hydrogen (secondary N) is 1. The summed E-state index contributed by atoms with van der Waals surface area (Å²) in [5.41, 5.74) is 2.59. The second-order valence-corrected chi connectivity index (χ2v) is 5.49. The lowest BCUT2D eigenvalue weighted by atomic mass is 9.96. The molecule has 2 aromatic rings. The normalized spacial score (nSPS) is 18.2. The van der Waals surface area contributed by atoms with Gasteiger partial charge in [0.25, 0.3) is 0 Å². The molecular formula is C15H16F3N3. The molecule has 1 aliphatic rings. The Labute approximate surface area is 120 Å². The Morgan fingerprint density at radius 3 is 2.71 bits per heavy atom. The average Bonchev–Trinajstić information content (AvgIpc) is 2.81. The quantitative estimate of drug-likeness (QED) is 0.859. The molecule has 0 aliphatic carbocycles. The Hall–Kier alpha value is -1.98. The van der Waals surface area contributed by atoms with Crippen LogP contribution in [0.5, 0.6) is 0 Å². The van der Waals surface area contributed by atoms with Crippen molar-refractivity contribution in [3.63, 3.8) is 0 Å². The molecule has 21 heavy (non-hydrogen) atoms. The number of imidazole rings is 1. The monoisotopic (exact) mass is 295 g/mol. The summed E-state index contributed by atoms with van der Waals surface area (Å²) in [6, 6.07) is 6.14. The van der Waals surface area contributed by atoms with Crippen molar-refractivity contribution in [2.75, 3.05) is 5.32 Å². The second kappa shape index (κ2) is 4.79. The molecule has 2 heterocycles. The maximum Gasteiger partial charge on any atom is 0.434 e. The minimum absolute atomic E-state index is 0.00147. The van der Waals surface area contributed by atoms with E-state index in [1.807, 2.05) is 26.0 Å². The van der Waals surface area contributed by atoms with Gasteiger partial charge in [0.1, 0.15) is 0 Å². The van der Waals surface area contributed by atoms with Gasteiger partial charge in [0, 0.05) is 12.7 Å². The van der Waals surface area contributed by atoms with E-state index in [0.29, 0.717) is 12.5 Å². The van der Waals surface area contributed by atoms with Crippen LogP contribution in [0, 0.1) is 13.8 Å². The number of hydrogen-bond acceptors (Lipinski definition) is 2. The molecule has 0 bridgehead atoms. The van der Waals surface area contributed by atoms with E-state index < -0.39 is 11.9 Å². The maximum absolute atomic E-state index is 12.7. The third-order valence-electron chi connectivity index (χ3n) is 3.83. The highest BCUT2D eigenvalue weighted by Gasteiger charge is 2.36. The van der Waals surface area contributed by atoms with Crippen LogP contribution in [0.25, 0.3) is 0 Å². The Bertz CT molecular complexity index is 673. The van der Waals surface area contributed by atoms with Crippen molar-refractivity contribution in [1.29, 1.82) is 0 Å². The number of alkyl halides is 3. The second-order valence-electron chi connectivity index (χ2n) is 5.49. The SMILES string of the molecule is Cc1ccc(C2CCn3cc(C(F)(F)F)nc3N2)c(C)c1. The minimum atomic E-state index is -4.40. The van der Waals surface area contributed by atoms with Crippen LogP contribution in [0.15, 0.2) is 24.4 Å². The third kappa shape index (κ3) is 2.62. The van der Waals surface area contributed by atoms with Gasteiger partial charge in [-0.2, -0.15) is 13.2 Å². The molecule has 0 fully saturated rings. The van der Waals surface area contributed by atoms with Gasteiger partial charge in [-0.05, 0) is 31.4 Å². The van der Waals surface area contributed by atoms with Crippen molar-refractivity contribution >= 4 is 5.95 Å². The van der Waals surface area contributed by atoms with Crippen LogP contribution in [0.2, 0.25) is 0 Å². The molecule has 3 rings (SSSR count). The first kappa shape index (κ1) is 14.0. The zero-order valence-corrected chi connectivity index (χ0v) is 11.8. The van der Waals surface area contributed by atoms with E-state index in [0.717, 1.165) is 23.7 Å². The summed E-state index contributed by atoms with van der Waals surface area (Å²) in [6.07, 6.45) is -2.59. The molecule has 1 N–H and O–H groups in total. The van der Waals surface area contributed by atoms with E-state index in [1.54, 1.807) is 0 Å². The molecule has 0 spiro atoms. The zero-order valence-electron chi connectivity index (χ0n) is 11.8. The molecular weight excluding hydrogens is 279 g/mol. The zero-order chi connectivity index (χ0) is 15.2. The smallest absolute Gasteiger partial charge is 0.349 e. The van der Waals surface area contributed by atoms with Gasteiger partial charge in [0.15, 0.2) is 5.69 Å². The van der Waals surface area contributed by atoms with Gasteiger partial charge in [0.05, 0.1) is 6.04 Å². The number of aryl methyl sites for hydroxylation is 3. The molecule has 112 valence electrons. The summed E-state index contributed by atoms with van der Waals surface area (Å²) in [7, 11) is 0. The highest BCUT2D eigenvalue weighted by molar-refractivity contribution is 5.41. The molecule has 6 heteroatoms. The predicted octanol–water partition coefficient (Wildman–Crippen LogP) is 4.08. The molecule has 3 nitrogen and oxygen atoms in total. The summed E-state index contributed by atoms with van der Waals surface area (Å²) in [5.74, 6) is 0.290. The number of nitrogens with zero attached hydrogens (tertiary/aromatic N) is 2. The van der Waals surface area contributed by atoms with Crippen molar-refractivity contribution in [3.8, 4) is 0 Å². The maximum atomic E-state index is 12.7. The largest absolute Gasteiger partial charge is 0.434 e. The van der Waals surface area contributed by atoms with Gasteiger partial charge in [0.2, 0.25) is 5.95 Å². The fourth-order valence-electron chi connectivity index (χ4n) is 2.78. The fourth-order valence-corrected chi connectivity index (χ4v) is 2.78. The predicted molar refractivity (Wildman–Crippen MR) is 74.1 cm³/mol. The topological polar surface area (TPSA) is 29.9 Å². The Morgan fingerprint density at radius 2 is 2.05 bits per heavy atom. The molecule has 1 aromatic heterocycles. The third-order valence-corrected chi connectivity index (χ3v) is 3.83. The van der Waals surface area contributed by atoms with Gasteiger partial charge in [-0.1, -0.05) is 23.8 Å². The Kier molecular flexibility index (Phi) is 3.19. The molecule has 1 aliphatic heterocycles. The number of aromatic nitrogens is 2. The van der Waals surface area contributed by atoms with Gasteiger partial charge in [-0.3, -0.25) is 0 Å². The minimum Gasteiger partial charge on any atom is -0.349 e. The van der Waals surface area contributed by atoms with E-state index >= 15 is 0 Å². The van der Waals surface area contributed by atoms with Gasteiger partial charge in [-0.25, -0.2) is 4.98 Å². The van der Waals surface area contributed by atoms with Crippen molar-refractivity contribution in [1.82, 2.24) is 9.55 Å². The van der Waals surface area contributed by atoms with Gasteiger partial charge >= 0.3 is 6.18 Å². The highest BCUT2D eigenvalue weighted by Crippen LogP contribution is 2.34. The molecule has 0 radical (unpaired) electrons. The van der Waals surface area contributed by atoms with E-state index in [1.165, 1.54) is 10.1 Å². The van der Waals surface area contributed by atoms with Crippen molar-refractivity contribution in [3.05, 3.63) is 46.8 Å². The van der Waals surface area contributed by atoms with Gasteiger partial charge < -0.3 is 9.88 Å². The summed E-state index contributed by atoms with van der Waals surface area (Å²) in [5, 5.41) is 3.12. The van der Waals surface area contributed by atoms with Crippen molar-refractivity contribution in [2.24, 2.45) is 0 Å². The lowest BCUT2D eigenvalue weighted by Crippen LogP contribution is -2.22. The van der Waals surface area contributed by atoms with E-state index in [9.17, 15) is 13.2 Å². The molecule has 0 saturated carbocycles. The number of hydrogen-bond donors (Lipinski definition) is 1. The Morgan fingerprint density at radius 1 is 1.29 bits per heavy atom. The van der Waals surface area contributed by atoms with Crippen LogP contribution in [0.4, 0.5) is 19.1 Å². The van der Waals surface area contributed by atoms with Crippen molar-refractivity contribution in [2.45, 2.75) is 39.0 Å². The highest BCUT2D eigenvalue weighted by atomic mass is 19.4. The molecule has 0 amide bonds. The lowest BCUT2D eigenvalue weighted by Gasteiger charge is -2.27. The number of benzene rings is 1. The molecule has 1 atom stereocenters. The van der Waals surface area contributed by atoms with Gasteiger partial charge in [-0.15, -0.1) is 0 Å². The average molecular weight is 295 g/mol. The van der Waals surface area contributed by atoms with E-state index in [4.69, 9.17) is 0 Å². The first-order valence-corrected chi connectivity index (χ1v) is 6.82. The Balaban J connectivity index is 1.89. The summed E-state index contributed by atoms with van der Waals surface area (Å²) in [4.78, 5) is 3.67. The number of fused-ring (bicyclic) bond motifs is 1. The fraction of sp³-hybridized carbons (Fsp3) is 0.400. The van der Waals surface area contributed by atoms with Crippen LogP contribution in [0.1, 0.15) is 34.8 Å². The molecule has 1 aromatic carbocycles. The van der Waals surface area contributed by atoms with E-state index in [2.05, 4.69) is 16.4 Å². The first-order valence-electron chi connectivity index (χ1n) is 6.82. The number of halogens is 3. The van der Waals surface area contributed by atoms with Crippen LogP contribution in [0.3, 0.4) is 0 Å². The van der Waals surface area contributed by atoms with E-state index in [-0.39, 0.29) is 6.04 Å². The number of anilines is 1. The summed E-state index contributed by atoms with van der Waals surface area (Å²) < 4.78 is 39.6. The summed E-state index contributed by atoms with van der Waals surface area (Å²) >= 11 is 0. The number of rotatable bonds is 1. The molecule has 1 unspecified atom stereocenters. The lowest BCUT2D eigenvalue weighted by molar-refractivity contribution is -0.140.